The summed E-state index contributed by atoms with van der Waals surface area (Å²) in [6, 6.07) is 7.84. The molecule has 0 aliphatic rings. The molecule has 0 atom stereocenters. The Balaban J connectivity index is 2.39. The maximum Gasteiger partial charge on any atom is 0.316 e. The molecule has 0 aliphatic heterocycles. The van der Waals surface area contributed by atoms with Crippen molar-refractivity contribution >= 4 is 17.7 Å². The van der Waals surface area contributed by atoms with Crippen LogP contribution in [-0.2, 0) is 16.0 Å². The van der Waals surface area contributed by atoms with Gasteiger partial charge in [-0.05, 0) is 38.0 Å². The summed E-state index contributed by atoms with van der Waals surface area (Å²) in [7, 11) is 0. The van der Waals surface area contributed by atoms with Crippen LogP contribution >= 0.6 is 11.8 Å². The lowest BCUT2D eigenvalue weighted by Crippen LogP contribution is -2.13. The van der Waals surface area contributed by atoms with Gasteiger partial charge in [0.1, 0.15) is 0 Å². The molecule has 0 fully saturated rings. The molecule has 1 N–H and O–H groups in total. The SMILES string of the molecule is CC(C)OC(=O)CSc1ccc(CCO)cc1. The van der Waals surface area contributed by atoms with Gasteiger partial charge in [-0.3, -0.25) is 4.79 Å². The van der Waals surface area contributed by atoms with Crippen LogP contribution in [0.3, 0.4) is 0 Å². The lowest BCUT2D eigenvalue weighted by atomic mass is 10.2. The third-order valence-corrected chi connectivity index (χ3v) is 3.03. The first-order valence-electron chi connectivity index (χ1n) is 5.64. The molecule has 1 aromatic rings. The lowest BCUT2D eigenvalue weighted by molar-refractivity contribution is -0.144. The Morgan fingerprint density at radius 2 is 2.00 bits per heavy atom. The Hall–Kier alpha value is -1.00. The van der Waals surface area contributed by atoms with Gasteiger partial charge >= 0.3 is 5.97 Å². The van der Waals surface area contributed by atoms with Crippen LogP contribution in [0.2, 0.25) is 0 Å². The number of hydrogen-bond donors (Lipinski definition) is 1. The minimum atomic E-state index is -0.190. The van der Waals surface area contributed by atoms with E-state index in [9.17, 15) is 4.79 Å². The summed E-state index contributed by atoms with van der Waals surface area (Å²) in [6.07, 6.45) is 0.607. The number of ether oxygens (including phenoxy) is 1. The van der Waals surface area contributed by atoms with Crippen molar-refractivity contribution in [2.24, 2.45) is 0 Å². The molecule has 0 saturated heterocycles. The molecule has 3 nitrogen and oxygen atoms in total. The number of aliphatic hydroxyl groups excluding tert-OH is 1. The molecule has 4 heteroatoms. The van der Waals surface area contributed by atoms with E-state index in [-0.39, 0.29) is 18.7 Å². The first kappa shape index (κ1) is 14.1. The van der Waals surface area contributed by atoms with Crippen molar-refractivity contribution in [2.75, 3.05) is 12.4 Å². The first-order chi connectivity index (χ1) is 8.11. The largest absolute Gasteiger partial charge is 0.462 e. The molecule has 0 radical (unpaired) electrons. The number of thioether (sulfide) groups is 1. The van der Waals surface area contributed by atoms with Crippen molar-refractivity contribution in [3.63, 3.8) is 0 Å². The van der Waals surface area contributed by atoms with Crippen LogP contribution in [0.25, 0.3) is 0 Å². The highest BCUT2D eigenvalue weighted by Crippen LogP contribution is 2.18. The molecule has 17 heavy (non-hydrogen) atoms. The van der Waals surface area contributed by atoms with Gasteiger partial charge in [-0.25, -0.2) is 0 Å². The van der Waals surface area contributed by atoms with Crippen molar-refractivity contribution in [2.45, 2.75) is 31.3 Å². The van der Waals surface area contributed by atoms with E-state index in [0.717, 1.165) is 10.5 Å². The second-order valence-electron chi connectivity index (χ2n) is 3.94. The van der Waals surface area contributed by atoms with Crippen molar-refractivity contribution in [3.05, 3.63) is 29.8 Å². The number of hydrogen-bond acceptors (Lipinski definition) is 4. The summed E-state index contributed by atoms with van der Waals surface area (Å²) in [5.74, 6) is 0.141. The molecule has 0 aromatic heterocycles. The average molecular weight is 254 g/mol. The summed E-state index contributed by atoms with van der Waals surface area (Å²) in [5.41, 5.74) is 1.10. The van der Waals surface area contributed by atoms with Crippen LogP contribution < -0.4 is 0 Å². The number of benzene rings is 1. The third kappa shape index (κ3) is 5.75. The smallest absolute Gasteiger partial charge is 0.316 e. The fourth-order valence-electron chi connectivity index (χ4n) is 1.32. The monoisotopic (exact) mass is 254 g/mol. The average Bonchev–Trinajstić information content (AvgIpc) is 2.28. The maximum absolute atomic E-state index is 11.3. The minimum Gasteiger partial charge on any atom is -0.462 e. The van der Waals surface area contributed by atoms with Gasteiger partial charge in [0.15, 0.2) is 0 Å². The van der Waals surface area contributed by atoms with E-state index < -0.39 is 0 Å². The van der Waals surface area contributed by atoms with Crippen molar-refractivity contribution in [1.82, 2.24) is 0 Å². The summed E-state index contributed by atoms with van der Waals surface area (Å²) in [6.45, 7) is 3.84. The topological polar surface area (TPSA) is 46.5 Å². The highest BCUT2D eigenvalue weighted by Gasteiger charge is 2.06. The molecule has 0 aliphatic carbocycles. The Morgan fingerprint density at radius 3 is 2.53 bits per heavy atom. The second kappa shape index (κ2) is 7.35. The summed E-state index contributed by atoms with van der Waals surface area (Å²) in [5, 5.41) is 8.78. The van der Waals surface area contributed by atoms with E-state index in [4.69, 9.17) is 9.84 Å². The van der Waals surface area contributed by atoms with Crippen molar-refractivity contribution < 1.29 is 14.6 Å². The van der Waals surface area contributed by atoms with E-state index in [1.165, 1.54) is 11.8 Å². The Morgan fingerprint density at radius 1 is 1.35 bits per heavy atom. The van der Waals surface area contributed by atoms with E-state index in [1.54, 1.807) is 0 Å². The molecular formula is C13H18O3S. The Bertz CT molecular complexity index is 346. The molecule has 0 bridgehead atoms. The van der Waals surface area contributed by atoms with Gasteiger partial charge in [-0.2, -0.15) is 0 Å². The predicted octanol–water partition coefficient (Wildman–Crippen LogP) is 2.27. The quantitative estimate of drug-likeness (QED) is 0.625. The third-order valence-electron chi connectivity index (χ3n) is 2.05. The van der Waals surface area contributed by atoms with Crippen LogP contribution in [0.1, 0.15) is 19.4 Å². The number of esters is 1. The zero-order chi connectivity index (χ0) is 12.7. The predicted molar refractivity (Wildman–Crippen MR) is 69.2 cm³/mol. The van der Waals surface area contributed by atoms with Gasteiger partial charge in [-0.1, -0.05) is 12.1 Å². The molecule has 0 heterocycles. The number of carbonyl (C=O) groups is 1. The Labute approximate surface area is 106 Å². The fraction of sp³-hybridized carbons (Fsp3) is 0.462. The van der Waals surface area contributed by atoms with Gasteiger partial charge in [0.2, 0.25) is 0 Å². The molecule has 0 amide bonds. The molecule has 1 rings (SSSR count). The van der Waals surface area contributed by atoms with Gasteiger partial charge in [0, 0.05) is 11.5 Å². The first-order valence-corrected chi connectivity index (χ1v) is 6.62. The molecular weight excluding hydrogens is 236 g/mol. The Kier molecular flexibility index (Phi) is 6.08. The van der Waals surface area contributed by atoms with Gasteiger partial charge in [-0.15, -0.1) is 11.8 Å². The van der Waals surface area contributed by atoms with Crippen molar-refractivity contribution in [1.29, 1.82) is 0 Å². The summed E-state index contributed by atoms with van der Waals surface area (Å²) >= 11 is 1.46. The minimum absolute atomic E-state index is 0.0602. The maximum atomic E-state index is 11.3. The summed E-state index contributed by atoms with van der Waals surface area (Å²) in [4.78, 5) is 12.4. The second-order valence-corrected chi connectivity index (χ2v) is 4.99. The van der Waals surface area contributed by atoms with E-state index >= 15 is 0 Å². The fourth-order valence-corrected chi connectivity index (χ4v) is 2.00. The number of aliphatic hydroxyl groups is 1. The number of rotatable bonds is 6. The van der Waals surface area contributed by atoms with Crippen LogP contribution in [0.4, 0.5) is 0 Å². The van der Waals surface area contributed by atoms with Crippen LogP contribution in [0.5, 0.6) is 0 Å². The van der Waals surface area contributed by atoms with Crippen LogP contribution in [0.15, 0.2) is 29.2 Å². The molecule has 94 valence electrons. The highest BCUT2D eigenvalue weighted by molar-refractivity contribution is 8.00. The standard InChI is InChI=1S/C13H18O3S/c1-10(2)16-13(15)9-17-12-5-3-11(4-6-12)7-8-14/h3-6,10,14H,7-9H2,1-2H3. The van der Waals surface area contributed by atoms with E-state index in [0.29, 0.717) is 12.2 Å². The van der Waals surface area contributed by atoms with Gasteiger partial charge in [0.05, 0.1) is 11.9 Å². The van der Waals surface area contributed by atoms with Crippen LogP contribution in [-0.4, -0.2) is 29.5 Å². The van der Waals surface area contributed by atoms with E-state index in [2.05, 4.69) is 0 Å². The van der Waals surface area contributed by atoms with E-state index in [1.807, 2.05) is 38.1 Å². The zero-order valence-corrected chi connectivity index (χ0v) is 11.0. The van der Waals surface area contributed by atoms with Gasteiger partial charge < -0.3 is 9.84 Å². The lowest BCUT2D eigenvalue weighted by Gasteiger charge is -2.07. The molecule has 0 spiro atoms. The molecule has 1 aromatic carbocycles. The molecule has 0 unspecified atom stereocenters. The normalized spacial score (nSPS) is 10.6. The van der Waals surface area contributed by atoms with Gasteiger partial charge in [0.25, 0.3) is 0 Å². The molecule has 0 saturated carbocycles. The number of carbonyl (C=O) groups excluding carboxylic acids is 1. The van der Waals surface area contributed by atoms with Crippen molar-refractivity contribution in [3.8, 4) is 0 Å². The van der Waals surface area contributed by atoms with Crippen LogP contribution in [0, 0.1) is 0 Å². The zero-order valence-electron chi connectivity index (χ0n) is 10.2. The summed E-state index contributed by atoms with van der Waals surface area (Å²) < 4.78 is 5.04. The highest BCUT2D eigenvalue weighted by atomic mass is 32.2.